The Labute approximate surface area is 166 Å². The third kappa shape index (κ3) is 3.65. The van der Waals surface area contributed by atoms with Gasteiger partial charge in [-0.05, 0) is 43.5 Å². The molecule has 0 unspecified atom stereocenters. The number of nitro benzene ring substituents is 1. The molecular weight excluding hydrogens is 378 g/mol. The van der Waals surface area contributed by atoms with Crippen LogP contribution in [-0.2, 0) is 19.1 Å². The normalized spacial score (nSPS) is 18.3. The van der Waals surface area contributed by atoms with Crippen LogP contribution in [0.2, 0.25) is 0 Å². The van der Waals surface area contributed by atoms with Gasteiger partial charge in [-0.2, -0.15) is 0 Å². The molecule has 8 nitrogen and oxygen atoms in total. The van der Waals surface area contributed by atoms with Gasteiger partial charge in [0.25, 0.3) is 11.5 Å². The molecule has 1 saturated heterocycles. The highest BCUT2D eigenvalue weighted by atomic mass is 16.7. The van der Waals surface area contributed by atoms with Crippen molar-refractivity contribution in [3.63, 3.8) is 0 Å². The Morgan fingerprint density at radius 1 is 1.03 bits per heavy atom. The fourth-order valence-corrected chi connectivity index (χ4v) is 3.68. The second kappa shape index (κ2) is 7.20. The van der Waals surface area contributed by atoms with E-state index in [2.05, 4.69) is 0 Å². The summed E-state index contributed by atoms with van der Waals surface area (Å²) >= 11 is 0. The number of hydrogen-bond donors (Lipinski definition) is 0. The number of hydrogen-bond acceptors (Lipinski definition) is 7. The van der Waals surface area contributed by atoms with E-state index in [1.165, 1.54) is 18.2 Å². The predicted molar refractivity (Wildman–Crippen MR) is 102 cm³/mol. The quantitative estimate of drug-likeness (QED) is 0.250. The largest absolute Gasteiger partial charge is 0.456 e. The van der Waals surface area contributed by atoms with E-state index >= 15 is 0 Å². The molecule has 1 spiro atoms. The molecule has 29 heavy (non-hydrogen) atoms. The molecule has 1 aliphatic carbocycles. The summed E-state index contributed by atoms with van der Waals surface area (Å²) in [6.45, 7) is 1.76. The van der Waals surface area contributed by atoms with Crippen molar-refractivity contribution < 1.29 is 28.4 Å². The first-order valence-corrected chi connectivity index (χ1v) is 9.40. The fraction of sp³-hybridized carbons (Fsp3) is 0.333. The number of furan rings is 1. The first-order valence-electron chi connectivity index (χ1n) is 9.40. The van der Waals surface area contributed by atoms with Gasteiger partial charge in [-0.25, -0.2) is 9.59 Å². The van der Waals surface area contributed by atoms with Crippen LogP contribution in [0.4, 0.5) is 5.69 Å². The Bertz CT molecular complexity index is 1010. The maximum absolute atomic E-state index is 12.4. The third-order valence-corrected chi connectivity index (χ3v) is 5.14. The molecule has 0 amide bonds. The third-order valence-electron chi connectivity index (χ3n) is 5.14. The summed E-state index contributed by atoms with van der Waals surface area (Å²) in [5.41, 5.74) is 0.702. The van der Waals surface area contributed by atoms with E-state index < -0.39 is 22.6 Å². The molecule has 150 valence electrons. The number of ether oxygens (including phenoxy) is 2. The molecule has 2 heterocycles. The predicted octanol–water partition coefficient (Wildman–Crippen LogP) is 4.31. The molecule has 0 atom stereocenters. The second-order valence-electron chi connectivity index (χ2n) is 7.29. The molecule has 0 N–H and O–H groups in total. The molecule has 1 aromatic heterocycles. The minimum atomic E-state index is -1.15. The Morgan fingerprint density at radius 3 is 2.38 bits per heavy atom. The summed E-state index contributed by atoms with van der Waals surface area (Å²) in [5.74, 6) is -2.20. The van der Waals surface area contributed by atoms with Crippen LogP contribution >= 0.6 is 0 Å². The van der Waals surface area contributed by atoms with Crippen LogP contribution in [0.3, 0.4) is 0 Å². The maximum atomic E-state index is 12.4. The van der Waals surface area contributed by atoms with Crippen LogP contribution in [0, 0.1) is 17.0 Å². The van der Waals surface area contributed by atoms with Crippen molar-refractivity contribution in [1.29, 1.82) is 0 Å². The highest BCUT2D eigenvalue weighted by Gasteiger charge is 2.46. The van der Waals surface area contributed by atoms with Crippen LogP contribution in [-0.4, -0.2) is 22.6 Å². The number of carbonyl (C=O) groups excluding carboxylic acids is 2. The molecule has 1 aromatic carbocycles. The highest BCUT2D eigenvalue weighted by molar-refractivity contribution is 6.18. The lowest BCUT2D eigenvalue weighted by atomic mass is 9.93. The topological polar surface area (TPSA) is 109 Å². The zero-order chi connectivity index (χ0) is 20.6. The number of carbonyl (C=O) groups is 2. The van der Waals surface area contributed by atoms with Crippen LogP contribution in [0.15, 0.2) is 40.3 Å². The summed E-state index contributed by atoms with van der Waals surface area (Å²) in [7, 11) is 0. The minimum Gasteiger partial charge on any atom is -0.456 e. The van der Waals surface area contributed by atoms with E-state index in [4.69, 9.17) is 13.9 Å². The molecule has 1 aliphatic heterocycles. The Hall–Kier alpha value is -3.42. The van der Waals surface area contributed by atoms with Crippen molar-refractivity contribution in [3.05, 3.63) is 57.3 Å². The van der Waals surface area contributed by atoms with Crippen molar-refractivity contribution in [2.45, 2.75) is 44.8 Å². The Balaban J connectivity index is 1.61. The van der Waals surface area contributed by atoms with Gasteiger partial charge in [0.15, 0.2) is 0 Å². The Morgan fingerprint density at radius 2 is 1.72 bits per heavy atom. The van der Waals surface area contributed by atoms with Gasteiger partial charge in [0, 0.05) is 25.0 Å². The van der Waals surface area contributed by atoms with Gasteiger partial charge in [-0.1, -0.05) is 12.5 Å². The molecule has 2 aliphatic rings. The highest BCUT2D eigenvalue weighted by Crippen LogP contribution is 2.38. The molecule has 1 saturated carbocycles. The average Bonchev–Trinajstić information content (AvgIpc) is 3.14. The van der Waals surface area contributed by atoms with E-state index in [-0.39, 0.29) is 22.8 Å². The number of rotatable bonds is 3. The number of benzene rings is 1. The van der Waals surface area contributed by atoms with Gasteiger partial charge in [0.1, 0.15) is 17.1 Å². The van der Waals surface area contributed by atoms with Crippen LogP contribution in [0.1, 0.15) is 43.4 Å². The minimum absolute atomic E-state index is 0.0886. The molecule has 0 radical (unpaired) electrons. The van der Waals surface area contributed by atoms with E-state index in [1.807, 2.05) is 0 Å². The SMILES string of the molecule is Cc1ccc(-c2ccc(C=C3C(=O)OC4(CCCCC4)OC3=O)o2)c([N+](=O)[O-])c1. The van der Waals surface area contributed by atoms with Crippen LogP contribution in [0.5, 0.6) is 0 Å². The standard InChI is InChI=1S/C21H19NO7/c1-13-5-7-15(17(11-13)22(25)26)18-8-6-14(27-18)12-16-19(23)28-21(29-20(16)24)9-3-2-4-10-21/h5-8,11-12H,2-4,9-10H2,1H3. The smallest absolute Gasteiger partial charge is 0.349 e. The van der Waals surface area contributed by atoms with Crippen molar-refractivity contribution in [3.8, 4) is 11.3 Å². The van der Waals surface area contributed by atoms with E-state index in [0.717, 1.165) is 24.8 Å². The van der Waals surface area contributed by atoms with E-state index in [9.17, 15) is 19.7 Å². The monoisotopic (exact) mass is 397 g/mol. The second-order valence-corrected chi connectivity index (χ2v) is 7.29. The zero-order valence-electron chi connectivity index (χ0n) is 15.8. The summed E-state index contributed by atoms with van der Waals surface area (Å²) in [6, 6.07) is 7.86. The Kier molecular flexibility index (Phi) is 4.70. The zero-order valence-corrected chi connectivity index (χ0v) is 15.8. The molecule has 0 bridgehead atoms. The van der Waals surface area contributed by atoms with Crippen LogP contribution < -0.4 is 0 Å². The van der Waals surface area contributed by atoms with Gasteiger partial charge >= 0.3 is 11.9 Å². The lowest BCUT2D eigenvalue weighted by Gasteiger charge is -2.38. The summed E-state index contributed by atoms with van der Waals surface area (Å²) in [6.07, 6.45) is 4.91. The van der Waals surface area contributed by atoms with E-state index in [0.29, 0.717) is 18.4 Å². The van der Waals surface area contributed by atoms with Gasteiger partial charge in [0.05, 0.1) is 10.5 Å². The van der Waals surface area contributed by atoms with Crippen molar-refractivity contribution in [2.24, 2.45) is 0 Å². The molecular formula is C21H19NO7. The van der Waals surface area contributed by atoms with Gasteiger partial charge < -0.3 is 13.9 Å². The van der Waals surface area contributed by atoms with Crippen molar-refractivity contribution in [1.82, 2.24) is 0 Å². The first kappa shape index (κ1) is 18.9. The van der Waals surface area contributed by atoms with Crippen molar-refractivity contribution >= 4 is 23.7 Å². The lowest BCUT2D eigenvalue weighted by molar-refractivity contribution is -0.384. The van der Waals surface area contributed by atoms with Gasteiger partial charge in [0.2, 0.25) is 0 Å². The fourth-order valence-electron chi connectivity index (χ4n) is 3.68. The summed E-state index contributed by atoms with van der Waals surface area (Å²) in [5, 5.41) is 11.3. The van der Waals surface area contributed by atoms with Gasteiger partial charge in [-0.3, -0.25) is 10.1 Å². The van der Waals surface area contributed by atoms with Gasteiger partial charge in [-0.15, -0.1) is 0 Å². The summed E-state index contributed by atoms with van der Waals surface area (Å²) < 4.78 is 16.5. The number of esters is 2. The molecule has 2 fully saturated rings. The average molecular weight is 397 g/mol. The molecule has 4 rings (SSSR count). The maximum Gasteiger partial charge on any atom is 0.349 e. The molecule has 2 aromatic rings. The van der Waals surface area contributed by atoms with Crippen molar-refractivity contribution in [2.75, 3.05) is 0 Å². The summed E-state index contributed by atoms with van der Waals surface area (Å²) in [4.78, 5) is 35.7. The number of aryl methyl sites for hydroxylation is 1. The number of nitro groups is 1. The molecule has 8 heteroatoms. The van der Waals surface area contributed by atoms with Crippen LogP contribution in [0.25, 0.3) is 17.4 Å². The first-order chi connectivity index (χ1) is 13.9. The number of nitrogens with zero attached hydrogens (tertiary/aromatic N) is 1. The van der Waals surface area contributed by atoms with E-state index in [1.54, 1.807) is 25.1 Å². The lowest BCUT2D eigenvalue weighted by Crippen LogP contribution is -2.47.